The van der Waals surface area contributed by atoms with Gasteiger partial charge in [0.1, 0.15) is 11.3 Å². The molecule has 1 aromatic heterocycles. The summed E-state index contributed by atoms with van der Waals surface area (Å²) in [6, 6.07) is 7.96. The van der Waals surface area contributed by atoms with Crippen molar-refractivity contribution in [2.75, 3.05) is 19.3 Å². The van der Waals surface area contributed by atoms with Crippen molar-refractivity contribution in [3.05, 3.63) is 35.6 Å². The molecule has 2 N–H and O–H groups in total. The fourth-order valence-corrected chi connectivity index (χ4v) is 2.64. The van der Waals surface area contributed by atoms with Crippen LogP contribution in [0.4, 0.5) is 0 Å². The van der Waals surface area contributed by atoms with Gasteiger partial charge in [0.15, 0.2) is 0 Å². The average Bonchev–Trinajstić information content (AvgIpc) is 2.75. The van der Waals surface area contributed by atoms with Gasteiger partial charge in [0.05, 0.1) is 6.26 Å². The van der Waals surface area contributed by atoms with E-state index in [2.05, 4.69) is 17.0 Å². The lowest BCUT2D eigenvalue weighted by atomic mass is 10.1. The summed E-state index contributed by atoms with van der Waals surface area (Å²) in [4.78, 5) is 0. The first kappa shape index (κ1) is 15.0. The Morgan fingerprint density at radius 2 is 1.95 bits per heavy atom. The van der Waals surface area contributed by atoms with Crippen LogP contribution in [-0.4, -0.2) is 27.8 Å². The van der Waals surface area contributed by atoms with Gasteiger partial charge in [-0.3, -0.25) is 0 Å². The van der Waals surface area contributed by atoms with Gasteiger partial charge in [-0.25, -0.2) is 13.1 Å². The van der Waals surface area contributed by atoms with Crippen LogP contribution in [0.2, 0.25) is 0 Å². The van der Waals surface area contributed by atoms with Crippen LogP contribution < -0.4 is 10.0 Å². The van der Waals surface area contributed by atoms with E-state index in [1.807, 2.05) is 24.3 Å². The molecular weight excluding hydrogens is 276 g/mol. The number of rotatable bonds is 7. The fraction of sp³-hybridized carbons (Fsp3) is 0.429. The first-order valence-electron chi connectivity index (χ1n) is 6.66. The first-order chi connectivity index (χ1) is 9.51. The Bertz CT molecular complexity index is 677. The van der Waals surface area contributed by atoms with Crippen molar-refractivity contribution in [1.29, 1.82) is 0 Å². The Kier molecular flexibility index (Phi) is 4.80. The highest BCUT2D eigenvalue weighted by atomic mass is 32.2. The van der Waals surface area contributed by atoms with E-state index in [-0.39, 0.29) is 0 Å². The van der Waals surface area contributed by atoms with Crippen molar-refractivity contribution >= 4 is 21.0 Å². The minimum Gasteiger partial charge on any atom is -0.461 e. The van der Waals surface area contributed by atoms with E-state index in [4.69, 9.17) is 4.42 Å². The Hall–Kier alpha value is -1.37. The van der Waals surface area contributed by atoms with Gasteiger partial charge in [-0.1, -0.05) is 25.1 Å². The number of hydrogen-bond donors (Lipinski definition) is 2. The van der Waals surface area contributed by atoms with Gasteiger partial charge in [0.2, 0.25) is 10.0 Å². The van der Waals surface area contributed by atoms with Crippen molar-refractivity contribution in [2.24, 2.45) is 0 Å². The highest BCUT2D eigenvalue weighted by Crippen LogP contribution is 2.25. The molecule has 20 heavy (non-hydrogen) atoms. The van der Waals surface area contributed by atoms with Crippen molar-refractivity contribution in [2.45, 2.75) is 19.9 Å². The van der Waals surface area contributed by atoms with Crippen LogP contribution in [0.15, 0.2) is 28.7 Å². The smallest absolute Gasteiger partial charge is 0.208 e. The largest absolute Gasteiger partial charge is 0.461 e. The summed E-state index contributed by atoms with van der Waals surface area (Å²) >= 11 is 0. The monoisotopic (exact) mass is 296 g/mol. The van der Waals surface area contributed by atoms with Crippen LogP contribution in [0.1, 0.15) is 18.2 Å². The van der Waals surface area contributed by atoms with Gasteiger partial charge in [0, 0.05) is 37.0 Å². The molecule has 110 valence electrons. The number of aryl methyl sites for hydroxylation is 1. The molecule has 0 aliphatic heterocycles. The molecule has 2 rings (SSSR count). The minimum atomic E-state index is -3.11. The number of furan rings is 1. The van der Waals surface area contributed by atoms with Crippen LogP contribution in [-0.2, 0) is 23.0 Å². The molecule has 1 aromatic carbocycles. The SMILES string of the molecule is CCc1oc2ccccc2c1CNCCNS(C)(=O)=O. The number of para-hydroxylation sites is 1. The summed E-state index contributed by atoms with van der Waals surface area (Å²) in [5.41, 5.74) is 2.05. The Morgan fingerprint density at radius 1 is 1.20 bits per heavy atom. The van der Waals surface area contributed by atoms with Gasteiger partial charge in [0.25, 0.3) is 0 Å². The lowest BCUT2D eigenvalue weighted by molar-refractivity contribution is 0.543. The second-order valence-electron chi connectivity index (χ2n) is 4.70. The van der Waals surface area contributed by atoms with E-state index in [0.717, 1.165) is 35.0 Å². The molecule has 0 bridgehead atoms. The standard InChI is InChI=1S/C14H20N2O3S/c1-3-13-12(10-15-8-9-16-20(2,17)18)11-6-4-5-7-14(11)19-13/h4-7,15-16H,3,8-10H2,1-2H3. The molecule has 5 nitrogen and oxygen atoms in total. The number of hydrogen-bond acceptors (Lipinski definition) is 4. The van der Waals surface area contributed by atoms with Crippen LogP contribution >= 0.6 is 0 Å². The van der Waals surface area contributed by atoms with Crippen molar-refractivity contribution < 1.29 is 12.8 Å². The molecule has 0 aliphatic rings. The summed E-state index contributed by atoms with van der Waals surface area (Å²) in [6.45, 7) is 3.70. The van der Waals surface area contributed by atoms with Crippen molar-refractivity contribution in [3.8, 4) is 0 Å². The zero-order valence-corrected chi connectivity index (χ0v) is 12.6. The summed E-state index contributed by atoms with van der Waals surface area (Å²) < 4.78 is 30.2. The normalized spacial score (nSPS) is 12.1. The summed E-state index contributed by atoms with van der Waals surface area (Å²) in [5.74, 6) is 0.981. The summed E-state index contributed by atoms with van der Waals surface area (Å²) in [5, 5.41) is 4.36. The van der Waals surface area contributed by atoms with Crippen LogP contribution in [0.25, 0.3) is 11.0 Å². The van der Waals surface area contributed by atoms with E-state index >= 15 is 0 Å². The van der Waals surface area contributed by atoms with Crippen molar-refractivity contribution in [1.82, 2.24) is 10.0 Å². The van der Waals surface area contributed by atoms with Gasteiger partial charge >= 0.3 is 0 Å². The third-order valence-electron chi connectivity index (χ3n) is 3.07. The quantitative estimate of drug-likeness (QED) is 0.762. The maximum atomic E-state index is 10.9. The molecule has 1 heterocycles. The minimum absolute atomic E-state index is 0.385. The molecule has 0 atom stereocenters. The van der Waals surface area contributed by atoms with Gasteiger partial charge in [-0.15, -0.1) is 0 Å². The maximum Gasteiger partial charge on any atom is 0.208 e. The maximum absolute atomic E-state index is 10.9. The van der Waals surface area contributed by atoms with E-state index < -0.39 is 10.0 Å². The molecular formula is C14H20N2O3S. The number of fused-ring (bicyclic) bond motifs is 1. The van der Waals surface area contributed by atoms with Crippen molar-refractivity contribution in [3.63, 3.8) is 0 Å². The van der Waals surface area contributed by atoms with Gasteiger partial charge in [-0.05, 0) is 6.07 Å². The Labute approximate surface area is 119 Å². The zero-order valence-electron chi connectivity index (χ0n) is 11.8. The molecule has 0 amide bonds. The third-order valence-corrected chi connectivity index (χ3v) is 3.80. The summed E-state index contributed by atoms with van der Waals surface area (Å²) in [6.07, 6.45) is 2.00. The predicted molar refractivity (Wildman–Crippen MR) is 80.1 cm³/mol. The van der Waals surface area contributed by atoms with E-state index in [1.54, 1.807) is 0 Å². The molecule has 6 heteroatoms. The van der Waals surface area contributed by atoms with Crippen LogP contribution in [0.5, 0.6) is 0 Å². The molecule has 0 radical (unpaired) electrons. The first-order valence-corrected chi connectivity index (χ1v) is 8.55. The fourth-order valence-electron chi connectivity index (χ4n) is 2.17. The topological polar surface area (TPSA) is 71.3 Å². The van der Waals surface area contributed by atoms with Crippen LogP contribution in [0.3, 0.4) is 0 Å². The van der Waals surface area contributed by atoms with Crippen LogP contribution in [0, 0.1) is 0 Å². The number of benzene rings is 1. The molecule has 0 aliphatic carbocycles. The highest BCUT2D eigenvalue weighted by Gasteiger charge is 2.11. The molecule has 0 spiro atoms. The number of sulfonamides is 1. The third kappa shape index (κ3) is 3.82. The van der Waals surface area contributed by atoms with Gasteiger partial charge in [-0.2, -0.15) is 0 Å². The lowest BCUT2D eigenvalue weighted by Gasteiger charge is -2.05. The number of nitrogens with one attached hydrogen (secondary N) is 2. The molecule has 0 saturated heterocycles. The Balaban J connectivity index is 1.99. The van der Waals surface area contributed by atoms with Gasteiger partial charge < -0.3 is 9.73 Å². The highest BCUT2D eigenvalue weighted by molar-refractivity contribution is 7.88. The van der Waals surface area contributed by atoms with E-state index in [9.17, 15) is 8.42 Å². The second-order valence-corrected chi connectivity index (χ2v) is 6.53. The van der Waals surface area contributed by atoms with E-state index in [1.165, 1.54) is 0 Å². The Morgan fingerprint density at radius 3 is 2.65 bits per heavy atom. The van der Waals surface area contributed by atoms with E-state index in [0.29, 0.717) is 19.6 Å². The molecule has 0 fully saturated rings. The predicted octanol–water partition coefficient (Wildman–Crippen LogP) is 1.63. The molecule has 0 saturated carbocycles. The summed E-state index contributed by atoms with van der Waals surface area (Å²) in [7, 11) is -3.11. The average molecular weight is 296 g/mol. The molecule has 2 aromatic rings. The lowest BCUT2D eigenvalue weighted by Crippen LogP contribution is -2.30. The zero-order chi connectivity index (χ0) is 14.6. The molecule has 0 unspecified atom stereocenters. The second kappa shape index (κ2) is 6.39.